The number of hydrogen-bond donors (Lipinski definition) is 1. The number of hydrogen-bond acceptors (Lipinski definition) is 5. The molecule has 0 aliphatic heterocycles. The highest BCUT2D eigenvalue weighted by Gasteiger charge is 2.10. The fourth-order valence-electron chi connectivity index (χ4n) is 1.64. The van der Waals surface area contributed by atoms with Gasteiger partial charge in [-0.15, -0.1) is 0 Å². The summed E-state index contributed by atoms with van der Waals surface area (Å²) in [6.07, 6.45) is 4.18. The van der Waals surface area contributed by atoms with E-state index in [2.05, 4.69) is 34.3 Å². The van der Waals surface area contributed by atoms with Crippen LogP contribution in [0.1, 0.15) is 19.7 Å². The lowest BCUT2D eigenvalue weighted by Gasteiger charge is -2.08. The molecule has 0 saturated heterocycles. The van der Waals surface area contributed by atoms with Crippen LogP contribution in [0.3, 0.4) is 0 Å². The third kappa shape index (κ3) is 3.10. The molecule has 2 heterocycles. The maximum absolute atomic E-state index is 5.21. The normalized spacial score (nSPS) is 12.6. The Bertz CT molecular complexity index is 455. The van der Waals surface area contributed by atoms with E-state index in [1.54, 1.807) is 12.4 Å². The molecule has 1 N–H and O–H groups in total. The summed E-state index contributed by atoms with van der Waals surface area (Å²) in [4.78, 5) is 8.31. The van der Waals surface area contributed by atoms with Gasteiger partial charge < -0.3 is 9.84 Å². The molecule has 2 aromatic rings. The highest BCUT2D eigenvalue weighted by atomic mass is 16.5. The van der Waals surface area contributed by atoms with E-state index in [-0.39, 0.29) is 0 Å². The van der Waals surface area contributed by atoms with Crippen molar-refractivity contribution < 1.29 is 4.52 Å². The quantitative estimate of drug-likeness (QED) is 0.849. The molecule has 0 aliphatic carbocycles. The molecule has 0 amide bonds. The topological polar surface area (TPSA) is 63.8 Å². The van der Waals surface area contributed by atoms with Crippen molar-refractivity contribution in [2.45, 2.75) is 26.3 Å². The van der Waals surface area contributed by atoms with Gasteiger partial charge in [0.1, 0.15) is 0 Å². The smallest absolute Gasteiger partial charge is 0.258 e. The molecule has 0 aliphatic rings. The van der Waals surface area contributed by atoms with Crippen LogP contribution < -0.4 is 5.32 Å². The number of aromatic nitrogens is 3. The second kappa shape index (κ2) is 5.54. The maximum Gasteiger partial charge on any atom is 0.258 e. The monoisotopic (exact) mass is 232 g/mol. The van der Waals surface area contributed by atoms with Gasteiger partial charge in [0.2, 0.25) is 0 Å². The fourth-order valence-corrected chi connectivity index (χ4v) is 1.64. The molecular weight excluding hydrogens is 216 g/mol. The van der Waals surface area contributed by atoms with Gasteiger partial charge in [0.05, 0.1) is 0 Å². The van der Waals surface area contributed by atoms with Crippen LogP contribution in [0.25, 0.3) is 11.5 Å². The molecule has 2 rings (SSSR count). The number of pyridine rings is 1. The van der Waals surface area contributed by atoms with Crippen molar-refractivity contribution in [3.05, 3.63) is 30.4 Å². The summed E-state index contributed by atoms with van der Waals surface area (Å²) < 4.78 is 5.21. The molecule has 5 heteroatoms. The average Bonchev–Trinajstić information content (AvgIpc) is 2.79. The lowest BCUT2D eigenvalue weighted by molar-refractivity contribution is 0.417. The summed E-state index contributed by atoms with van der Waals surface area (Å²) in [5.74, 6) is 1.27. The van der Waals surface area contributed by atoms with Gasteiger partial charge in [-0.05, 0) is 25.6 Å². The first-order chi connectivity index (χ1) is 8.29. The van der Waals surface area contributed by atoms with E-state index in [0.29, 0.717) is 11.9 Å². The third-order valence-electron chi connectivity index (χ3n) is 2.44. The fraction of sp³-hybridized carbons (Fsp3) is 0.417. The number of nitrogens with one attached hydrogen (secondary N) is 1. The van der Waals surface area contributed by atoms with Crippen molar-refractivity contribution in [2.75, 3.05) is 6.54 Å². The van der Waals surface area contributed by atoms with Gasteiger partial charge in [0.25, 0.3) is 5.89 Å². The highest BCUT2D eigenvalue weighted by molar-refractivity contribution is 5.50. The Hall–Kier alpha value is -1.75. The number of nitrogens with zero attached hydrogens (tertiary/aromatic N) is 3. The van der Waals surface area contributed by atoms with Gasteiger partial charge in [-0.25, -0.2) is 0 Å². The van der Waals surface area contributed by atoms with Gasteiger partial charge in [-0.2, -0.15) is 4.98 Å². The van der Waals surface area contributed by atoms with Crippen LogP contribution in [0.4, 0.5) is 0 Å². The standard InChI is InChI=1S/C12H16N4O/c1-3-14-9(2)8-11-15-12(17-16-11)10-4-6-13-7-5-10/h4-7,9,14H,3,8H2,1-2H3. The summed E-state index contributed by atoms with van der Waals surface area (Å²) >= 11 is 0. The predicted molar refractivity (Wildman–Crippen MR) is 64.4 cm³/mol. The van der Waals surface area contributed by atoms with Crippen LogP contribution in [-0.2, 0) is 6.42 Å². The molecule has 0 bridgehead atoms. The molecule has 0 spiro atoms. The van der Waals surface area contributed by atoms with E-state index in [0.717, 1.165) is 24.4 Å². The number of likely N-dealkylation sites (N-methyl/N-ethyl adjacent to an activating group) is 1. The number of rotatable bonds is 5. The molecule has 0 fully saturated rings. The van der Waals surface area contributed by atoms with Crippen LogP contribution in [0.5, 0.6) is 0 Å². The van der Waals surface area contributed by atoms with E-state index in [1.807, 2.05) is 12.1 Å². The minimum absolute atomic E-state index is 0.350. The van der Waals surface area contributed by atoms with Gasteiger partial charge in [0.15, 0.2) is 5.82 Å². The SMILES string of the molecule is CCNC(C)Cc1noc(-c2ccncc2)n1. The second-order valence-electron chi connectivity index (χ2n) is 3.91. The van der Waals surface area contributed by atoms with Crippen LogP contribution in [0.2, 0.25) is 0 Å². The Morgan fingerprint density at radius 2 is 2.12 bits per heavy atom. The van der Waals surface area contributed by atoms with Crippen molar-refractivity contribution in [2.24, 2.45) is 0 Å². The zero-order valence-electron chi connectivity index (χ0n) is 10.1. The van der Waals surface area contributed by atoms with Crippen LogP contribution in [0, 0.1) is 0 Å². The third-order valence-corrected chi connectivity index (χ3v) is 2.44. The lowest BCUT2D eigenvalue weighted by Crippen LogP contribution is -2.27. The zero-order chi connectivity index (χ0) is 12.1. The Labute approximate surface area is 100 Å². The molecule has 2 aromatic heterocycles. The Kier molecular flexibility index (Phi) is 3.82. The van der Waals surface area contributed by atoms with Crippen molar-refractivity contribution in [3.63, 3.8) is 0 Å². The summed E-state index contributed by atoms with van der Waals surface area (Å²) in [5, 5.41) is 7.28. The van der Waals surface area contributed by atoms with Gasteiger partial charge in [-0.3, -0.25) is 4.98 Å². The minimum atomic E-state index is 0.350. The lowest BCUT2D eigenvalue weighted by atomic mass is 10.2. The van der Waals surface area contributed by atoms with E-state index in [1.165, 1.54) is 0 Å². The summed E-state index contributed by atoms with van der Waals surface area (Å²) in [7, 11) is 0. The van der Waals surface area contributed by atoms with E-state index in [4.69, 9.17) is 4.52 Å². The average molecular weight is 232 g/mol. The van der Waals surface area contributed by atoms with Gasteiger partial charge in [-0.1, -0.05) is 12.1 Å². The summed E-state index contributed by atoms with van der Waals surface area (Å²) in [6.45, 7) is 5.12. The van der Waals surface area contributed by atoms with E-state index in [9.17, 15) is 0 Å². The van der Waals surface area contributed by atoms with Crippen molar-refractivity contribution in [3.8, 4) is 11.5 Å². The van der Waals surface area contributed by atoms with Crippen LogP contribution in [-0.4, -0.2) is 27.7 Å². The first-order valence-electron chi connectivity index (χ1n) is 5.76. The molecule has 0 saturated carbocycles. The van der Waals surface area contributed by atoms with Crippen LogP contribution in [0.15, 0.2) is 29.0 Å². The first-order valence-corrected chi connectivity index (χ1v) is 5.76. The van der Waals surface area contributed by atoms with E-state index < -0.39 is 0 Å². The van der Waals surface area contributed by atoms with E-state index >= 15 is 0 Å². The molecule has 17 heavy (non-hydrogen) atoms. The van der Waals surface area contributed by atoms with Crippen LogP contribution >= 0.6 is 0 Å². The summed E-state index contributed by atoms with van der Waals surface area (Å²) in [6, 6.07) is 4.05. The Morgan fingerprint density at radius 3 is 2.82 bits per heavy atom. The Balaban J connectivity index is 2.06. The van der Waals surface area contributed by atoms with Crippen molar-refractivity contribution >= 4 is 0 Å². The summed E-state index contributed by atoms with van der Waals surface area (Å²) in [5.41, 5.74) is 0.898. The highest BCUT2D eigenvalue weighted by Crippen LogP contribution is 2.15. The van der Waals surface area contributed by atoms with Crippen molar-refractivity contribution in [1.82, 2.24) is 20.4 Å². The largest absolute Gasteiger partial charge is 0.334 e. The van der Waals surface area contributed by atoms with Gasteiger partial charge >= 0.3 is 0 Å². The molecule has 90 valence electrons. The first kappa shape index (κ1) is 11.7. The van der Waals surface area contributed by atoms with Gasteiger partial charge in [0, 0.05) is 30.4 Å². The Morgan fingerprint density at radius 1 is 1.35 bits per heavy atom. The maximum atomic E-state index is 5.21. The molecule has 0 radical (unpaired) electrons. The molecule has 0 aromatic carbocycles. The minimum Gasteiger partial charge on any atom is -0.334 e. The second-order valence-corrected chi connectivity index (χ2v) is 3.91. The molecule has 1 unspecified atom stereocenters. The molecular formula is C12H16N4O. The molecule has 5 nitrogen and oxygen atoms in total. The zero-order valence-corrected chi connectivity index (χ0v) is 10.1. The van der Waals surface area contributed by atoms with Crippen molar-refractivity contribution in [1.29, 1.82) is 0 Å². The molecule has 1 atom stereocenters. The predicted octanol–water partition coefficient (Wildman–Crippen LogP) is 1.67.